The summed E-state index contributed by atoms with van der Waals surface area (Å²) in [5.74, 6) is -0.728. The highest BCUT2D eigenvalue weighted by atomic mass is 16.6. The van der Waals surface area contributed by atoms with Crippen LogP contribution in [0, 0.1) is 10.1 Å². The minimum Gasteiger partial charge on any atom is -0.358 e. The minimum absolute atomic E-state index is 0.101. The number of H-pyrrole nitrogens is 1. The third kappa shape index (κ3) is 1.19. The van der Waals surface area contributed by atoms with Gasteiger partial charge in [0.15, 0.2) is 11.8 Å². The second-order valence-electron chi connectivity index (χ2n) is 1.84. The van der Waals surface area contributed by atoms with Gasteiger partial charge in [-0.05, 0) is 9.91 Å². The predicted octanol–water partition coefficient (Wildman–Crippen LogP) is -0.509. The number of aromatic nitrogens is 2. The number of aromatic amines is 1. The fourth-order valence-electron chi connectivity index (χ4n) is 0.653. The molecule has 7 heteroatoms. The summed E-state index contributed by atoms with van der Waals surface area (Å²) >= 11 is 0. The number of nitrogens with one attached hydrogen (secondary N) is 1. The van der Waals surface area contributed by atoms with Crippen molar-refractivity contribution in [3.05, 3.63) is 32.4 Å². The van der Waals surface area contributed by atoms with Crippen molar-refractivity contribution in [2.45, 2.75) is 0 Å². The lowest BCUT2D eigenvalue weighted by Gasteiger charge is -1.91. The zero-order valence-corrected chi connectivity index (χ0v) is 5.68. The van der Waals surface area contributed by atoms with E-state index in [2.05, 4.69) is 4.98 Å². The van der Waals surface area contributed by atoms with Gasteiger partial charge in [0.05, 0.1) is 0 Å². The Labute approximate surface area is 65.2 Å². The molecule has 0 unspecified atom stereocenters. The Morgan fingerprint density at radius 3 is 2.75 bits per heavy atom. The van der Waals surface area contributed by atoms with Crippen molar-refractivity contribution in [3.8, 4) is 0 Å². The maximum atomic E-state index is 10.7. The number of nitro groups is 1. The molecule has 0 aliphatic heterocycles. The van der Waals surface area contributed by atoms with Crippen molar-refractivity contribution in [1.82, 2.24) is 9.97 Å². The van der Waals surface area contributed by atoms with E-state index in [1.54, 1.807) is 0 Å². The number of carbonyl (C=O) groups excluding carboxylic acids is 1. The largest absolute Gasteiger partial charge is 0.381 e. The summed E-state index contributed by atoms with van der Waals surface area (Å²) in [6.45, 7) is 0. The molecule has 7 nitrogen and oxygen atoms in total. The Bertz CT molecular complexity index is 383. The molecule has 0 spiro atoms. The van der Waals surface area contributed by atoms with Crippen LogP contribution >= 0.6 is 0 Å². The Balaban J connectivity index is 3.48. The van der Waals surface area contributed by atoms with E-state index in [4.69, 9.17) is 0 Å². The molecule has 62 valence electrons. The molecule has 0 saturated heterocycles. The first-order valence-corrected chi connectivity index (χ1v) is 2.84. The second kappa shape index (κ2) is 2.91. The summed E-state index contributed by atoms with van der Waals surface area (Å²) in [7, 11) is 0. The van der Waals surface area contributed by atoms with Crippen molar-refractivity contribution < 1.29 is 9.72 Å². The van der Waals surface area contributed by atoms with Crippen molar-refractivity contribution in [2.75, 3.05) is 0 Å². The average Bonchev–Trinajstić information content (AvgIpc) is 2.03. The Kier molecular flexibility index (Phi) is 1.95. The van der Waals surface area contributed by atoms with E-state index < -0.39 is 21.9 Å². The molecule has 1 rings (SSSR count). The van der Waals surface area contributed by atoms with Crippen LogP contribution in [0.3, 0.4) is 0 Å². The van der Waals surface area contributed by atoms with Crippen LogP contribution < -0.4 is 5.56 Å². The fourth-order valence-corrected chi connectivity index (χ4v) is 0.653. The normalized spacial score (nSPS) is 9.33. The van der Waals surface area contributed by atoms with Crippen molar-refractivity contribution in [1.29, 1.82) is 0 Å². The van der Waals surface area contributed by atoms with Crippen LogP contribution in [0.15, 0.2) is 11.1 Å². The molecule has 0 aliphatic rings. The number of hydrogen-bond donors (Lipinski definition) is 1. The lowest BCUT2D eigenvalue weighted by atomic mass is 10.3. The number of carbonyl (C=O) groups is 1. The minimum atomic E-state index is -0.890. The Hall–Kier alpha value is -2.05. The summed E-state index contributed by atoms with van der Waals surface area (Å²) in [6.07, 6.45) is 0.970. The lowest BCUT2D eigenvalue weighted by molar-refractivity contribution is -0.389. The Morgan fingerprint density at radius 1 is 1.67 bits per heavy atom. The molecular formula is C5H3N3O4. The molecule has 1 heterocycles. The standard InChI is InChI=1S/C5H3N3O4/c9-1-3-4(8(11)12)6-2-7-5(3)10/h1-2H,(H,6,7,10). The number of rotatable bonds is 2. The molecule has 0 aromatic carbocycles. The van der Waals surface area contributed by atoms with Crippen molar-refractivity contribution >= 4 is 12.1 Å². The van der Waals surface area contributed by atoms with E-state index in [-0.39, 0.29) is 6.29 Å². The van der Waals surface area contributed by atoms with Gasteiger partial charge in [-0.1, -0.05) is 0 Å². The molecule has 12 heavy (non-hydrogen) atoms. The molecule has 0 fully saturated rings. The van der Waals surface area contributed by atoms with E-state index in [0.29, 0.717) is 0 Å². The van der Waals surface area contributed by atoms with E-state index in [1.807, 2.05) is 4.98 Å². The monoisotopic (exact) mass is 169 g/mol. The van der Waals surface area contributed by atoms with Gasteiger partial charge in [0.2, 0.25) is 6.33 Å². The van der Waals surface area contributed by atoms with Crippen LogP contribution in [0.5, 0.6) is 0 Å². The maximum absolute atomic E-state index is 10.7. The quantitative estimate of drug-likeness (QED) is 0.364. The van der Waals surface area contributed by atoms with Crippen LogP contribution in [0.1, 0.15) is 10.4 Å². The van der Waals surface area contributed by atoms with Crippen LogP contribution in [-0.4, -0.2) is 21.2 Å². The van der Waals surface area contributed by atoms with E-state index in [0.717, 1.165) is 6.33 Å². The highest BCUT2D eigenvalue weighted by Crippen LogP contribution is 2.05. The van der Waals surface area contributed by atoms with E-state index >= 15 is 0 Å². The molecular weight excluding hydrogens is 166 g/mol. The molecule has 1 N–H and O–H groups in total. The fraction of sp³-hybridized carbons (Fsp3) is 0. The van der Waals surface area contributed by atoms with Crippen LogP contribution in [0.4, 0.5) is 5.82 Å². The summed E-state index contributed by atoms with van der Waals surface area (Å²) in [6, 6.07) is 0. The first-order chi connectivity index (χ1) is 5.66. The number of nitrogens with zero attached hydrogens (tertiary/aromatic N) is 2. The molecule has 0 radical (unpaired) electrons. The summed E-state index contributed by atoms with van der Waals surface area (Å²) in [5.41, 5.74) is -1.38. The first kappa shape index (κ1) is 8.05. The molecule has 0 atom stereocenters. The number of hydrogen-bond acceptors (Lipinski definition) is 5. The molecule has 1 aromatic rings. The van der Waals surface area contributed by atoms with Gasteiger partial charge in [0.25, 0.3) is 5.56 Å². The van der Waals surface area contributed by atoms with Crippen LogP contribution in [-0.2, 0) is 0 Å². The zero-order valence-electron chi connectivity index (χ0n) is 5.68. The molecule has 0 aliphatic carbocycles. The second-order valence-corrected chi connectivity index (χ2v) is 1.84. The van der Waals surface area contributed by atoms with Crippen LogP contribution in [0.25, 0.3) is 0 Å². The predicted molar refractivity (Wildman–Crippen MR) is 36.9 cm³/mol. The zero-order chi connectivity index (χ0) is 9.14. The van der Waals surface area contributed by atoms with Gasteiger partial charge in [-0.15, -0.1) is 0 Å². The van der Waals surface area contributed by atoms with Gasteiger partial charge in [0.1, 0.15) is 0 Å². The van der Waals surface area contributed by atoms with E-state index in [9.17, 15) is 19.7 Å². The highest BCUT2D eigenvalue weighted by Gasteiger charge is 2.17. The molecule has 0 bridgehead atoms. The number of aldehydes is 1. The Morgan fingerprint density at radius 2 is 2.33 bits per heavy atom. The van der Waals surface area contributed by atoms with Gasteiger partial charge < -0.3 is 10.1 Å². The summed E-state index contributed by atoms with van der Waals surface area (Å²) in [5, 5.41) is 10.2. The topological polar surface area (TPSA) is 106 Å². The third-order valence-electron chi connectivity index (χ3n) is 1.16. The first-order valence-electron chi connectivity index (χ1n) is 2.84. The highest BCUT2D eigenvalue weighted by molar-refractivity contribution is 5.78. The molecule has 0 amide bonds. The molecule has 0 saturated carbocycles. The third-order valence-corrected chi connectivity index (χ3v) is 1.16. The lowest BCUT2D eigenvalue weighted by Crippen LogP contribution is -2.15. The molecule has 1 aromatic heterocycles. The SMILES string of the molecule is O=Cc1c([N+](=O)[O-])nc[nH]c1=O. The van der Waals surface area contributed by atoms with Gasteiger partial charge in [-0.25, -0.2) is 0 Å². The smallest absolute Gasteiger partial charge is 0.358 e. The van der Waals surface area contributed by atoms with E-state index in [1.165, 1.54) is 0 Å². The maximum Gasteiger partial charge on any atom is 0.381 e. The van der Waals surface area contributed by atoms with Gasteiger partial charge >= 0.3 is 5.82 Å². The van der Waals surface area contributed by atoms with Crippen LogP contribution in [0.2, 0.25) is 0 Å². The van der Waals surface area contributed by atoms with Gasteiger partial charge in [-0.2, -0.15) is 0 Å². The van der Waals surface area contributed by atoms with Crippen molar-refractivity contribution in [2.24, 2.45) is 0 Å². The van der Waals surface area contributed by atoms with Gasteiger partial charge in [0, 0.05) is 0 Å². The van der Waals surface area contributed by atoms with Gasteiger partial charge in [-0.3, -0.25) is 14.6 Å². The summed E-state index contributed by atoms with van der Waals surface area (Å²) in [4.78, 5) is 35.5. The average molecular weight is 169 g/mol. The summed E-state index contributed by atoms with van der Waals surface area (Å²) < 4.78 is 0. The van der Waals surface area contributed by atoms with Crippen molar-refractivity contribution in [3.63, 3.8) is 0 Å².